The van der Waals surface area contributed by atoms with Crippen molar-refractivity contribution in [1.82, 2.24) is 0 Å². The summed E-state index contributed by atoms with van der Waals surface area (Å²) in [5.41, 5.74) is 2.67. The average molecular weight is 273 g/mol. The highest BCUT2D eigenvalue weighted by Crippen LogP contribution is 2.37. The van der Waals surface area contributed by atoms with Crippen LogP contribution in [0.25, 0.3) is 0 Å². The van der Waals surface area contributed by atoms with Crippen molar-refractivity contribution >= 4 is 23.2 Å². The third kappa shape index (κ3) is 3.23. The Hall–Kier alpha value is -0.530. The van der Waals surface area contributed by atoms with Gasteiger partial charge in [0.15, 0.2) is 0 Å². The summed E-state index contributed by atoms with van der Waals surface area (Å²) in [5.74, 6) is 0.731. The molecule has 0 N–H and O–H groups in total. The molecular weight excluding hydrogens is 258 g/mol. The maximum Gasteiger partial charge on any atom is 0.142 e. The molecule has 0 aliphatic heterocycles. The molecule has 1 aromatic rings. The minimum absolute atomic E-state index is 0.201. The SMILES string of the molecule is Fc1cc(C2CCC(/C=C/Cl)CC2)ccc1Cl. The van der Waals surface area contributed by atoms with Crippen LogP contribution in [0.1, 0.15) is 37.2 Å². The Morgan fingerprint density at radius 2 is 1.88 bits per heavy atom. The average Bonchev–Trinajstić information content (AvgIpc) is 2.34. The zero-order valence-corrected chi connectivity index (χ0v) is 11.0. The minimum atomic E-state index is -0.313. The Balaban J connectivity index is 2.02. The third-order valence-electron chi connectivity index (χ3n) is 3.53. The van der Waals surface area contributed by atoms with Gasteiger partial charge >= 0.3 is 0 Å². The molecule has 0 radical (unpaired) electrons. The number of halogens is 3. The first-order valence-corrected chi connectivity index (χ1v) is 6.74. The lowest BCUT2D eigenvalue weighted by Gasteiger charge is -2.27. The van der Waals surface area contributed by atoms with Crippen LogP contribution in [0.15, 0.2) is 29.8 Å². The summed E-state index contributed by atoms with van der Waals surface area (Å²) in [4.78, 5) is 0. The smallest absolute Gasteiger partial charge is 0.142 e. The van der Waals surface area contributed by atoms with E-state index in [0.29, 0.717) is 11.8 Å². The Morgan fingerprint density at radius 1 is 1.18 bits per heavy atom. The van der Waals surface area contributed by atoms with E-state index in [9.17, 15) is 4.39 Å². The molecule has 1 saturated carbocycles. The Bertz CT molecular complexity index is 407. The van der Waals surface area contributed by atoms with Crippen LogP contribution in [0.4, 0.5) is 4.39 Å². The highest BCUT2D eigenvalue weighted by Gasteiger charge is 2.21. The topological polar surface area (TPSA) is 0 Å². The summed E-state index contributed by atoms with van der Waals surface area (Å²) in [6.45, 7) is 0. The van der Waals surface area contributed by atoms with Gasteiger partial charge in [0.2, 0.25) is 0 Å². The highest BCUT2D eigenvalue weighted by atomic mass is 35.5. The lowest BCUT2D eigenvalue weighted by molar-refractivity contribution is 0.375. The van der Waals surface area contributed by atoms with Crippen LogP contribution < -0.4 is 0 Å². The van der Waals surface area contributed by atoms with Crippen molar-refractivity contribution in [2.24, 2.45) is 5.92 Å². The minimum Gasteiger partial charge on any atom is -0.205 e. The molecule has 0 heterocycles. The number of benzene rings is 1. The molecular formula is C14H15Cl2F. The van der Waals surface area contributed by atoms with E-state index < -0.39 is 0 Å². The summed E-state index contributed by atoms with van der Waals surface area (Å²) < 4.78 is 13.4. The fourth-order valence-corrected chi connectivity index (χ4v) is 2.84. The van der Waals surface area contributed by atoms with Gasteiger partial charge < -0.3 is 0 Å². The predicted octanol–water partition coefficient (Wildman–Crippen LogP) is 5.51. The van der Waals surface area contributed by atoms with Gasteiger partial charge in [-0.3, -0.25) is 0 Å². The van der Waals surface area contributed by atoms with Gasteiger partial charge in [-0.15, -0.1) is 0 Å². The molecule has 92 valence electrons. The van der Waals surface area contributed by atoms with Crippen LogP contribution in [0.5, 0.6) is 0 Å². The molecule has 1 aliphatic rings. The zero-order valence-electron chi connectivity index (χ0n) is 9.50. The molecule has 3 heteroatoms. The second-order valence-corrected chi connectivity index (χ2v) is 5.26. The van der Waals surface area contributed by atoms with E-state index in [1.54, 1.807) is 17.7 Å². The van der Waals surface area contributed by atoms with E-state index in [2.05, 4.69) is 6.08 Å². The molecule has 0 unspecified atom stereocenters. The molecule has 0 spiro atoms. The molecule has 0 aromatic heterocycles. The van der Waals surface area contributed by atoms with Crippen molar-refractivity contribution in [3.8, 4) is 0 Å². The second-order valence-electron chi connectivity index (χ2n) is 4.60. The standard InChI is InChI=1S/C14H15Cl2F/c15-8-7-10-1-3-11(4-2-10)12-5-6-13(16)14(17)9-12/h5-11H,1-4H2/b8-7+. The van der Waals surface area contributed by atoms with Crippen LogP contribution in [-0.4, -0.2) is 0 Å². The number of hydrogen-bond acceptors (Lipinski definition) is 0. The summed E-state index contributed by atoms with van der Waals surface area (Å²) in [6.07, 6.45) is 6.48. The summed E-state index contributed by atoms with van der Waals surface area (Å²) >= 11 is 11.3. The van der Waals surface area contributed by atoms with Crippen molar-refractivity contribution < 1.29 is 4.39 Å². The monoisotopic (exact) mass is 272 g/mol. The first-order chi connectivity index (χ1) is 8.20. The molecule has 1 aromatic carbocycles. The van der Waals surface area contributed by atoms with Gasteiger partial charge in [0.25, 0.3) is 0 Å². The summed E-state index contributed by atoms with van der Waals surface area (Å²) in [7, 11) is 0. The number of hydrogen-bond donors (Lipinski definition) is 0. The Morgan fingerprint density at radius 3 is 2.47 bits per heavy atom. The molecule has 0 nitrogen and oxygen atoms in total. The maximum absolute atomic E-state index is 13.4. The van der Waals surface area contributed by atoms with Gasteiger partial charge in [0.05, 0.1) is 5.02 Å². The molecule has 0 atom stereocenters. The predicted molar refractivity (Wildman–Crippen MR) is 71.1 cm³/mol. The summed E-state index contributed by atoms with van der Waals surface area (Å²) in [5, 5.41) is 0.201. The van der Waals surface area contributed by atoms with Crippen molar-refractivity contribution in [1.29, 1.82) is 0 Å². The van der Waals surface area contributed by atoms with Gasteiger partial charge in [-0.05, 0) is 55.2 Å². The van der Waals surface area contributed by atoms with E-state index in [-0.39, 0.29) is 10.8 Å². The zero-order chi connectivity index (χ0) is 12.3. The Kier molecular flexibility index (Phi) is 4.47. The van der Waals surface area contributed by atoms with Crippen molar-refractivity contribution in [3.05, 3.63) is 46.2 Å². The van der Waals surface area contributed by atoms with E-state index in [1.165, 1.54) is 0 Å². The number of rotatable bonds is 2. The first kappa shape index (κ1) is 12.9. The molecule has 17 heavy (non-hydrogen) atoms. The van der Waals surface area contributed by atoms with E-state index in [4.69, 9.17) is 23.2 Å². The quantitative estimate of drug-likeness (QED) is 0.666. The van der Waals surface area contributed by atoms with Crippen LogP contribution in [0.2, 0.25) is 5.02 Å². The second kappa shape index (κ2) is 5.88. The van der Waals surface area contributed by atoms with Crippen LogP contribution in [0.3, 0.4) is 0 Å². The van der Waals surface area contributed by atoms with Crippen molar-refractivity contribution in [2.45, 2.75) is 31.6 Å². The molecule has 0 bridgehead atoms. The third-order valence-corrected chi connectivity index (χ3v) is 3.98. The molecule has 0 amide bonds. The van der Waals surface area contributed by atoms with E-state index >= 15 is 0 Å². The van der Waals surface area contributed by atoms with Gasteiger partial charge in [0, 0.05) is 5.54 Å². The van der Waals surface area contributed by atoms with Crippen LogP contribution in [-0.2, 0) is 0 Å². The van der Waals surface area contributed by atoms with Crippen LogP contribution >= 0.6 is 23.2 Å². The van der Waals surface area contributed by atoms with Crippen molar-refractivity contribution in [3.63, 3.8) is 0 Å². The van der Waals surface area contributed by atoms with Gasteiger partial charge in [-0.25, -0.2) is 4.39 Å². The molecule has 1 fully saturated rings. The van der Waals surface area contributed by atoms with Crippen LogP contribution in [0, 0.1) is 11.7 Å². The van der Waals surface area contributed by atoms with Gasteiger partial charge in [0.1, 0.15) is 5.82 Å². The lowest BCUT2D eigenvalue weighted by atomic mass is 9.79. The number of allylic oxidation sites excluding steroid dienone is 1. The fraction of sp³-hybridized carbons (Fsp3) is 0.429. The highest BCUT2D eigenvalue weighted by molar-refractivity contribution is 6.30. The maximum atomic E-state index is 13.4. The van der Waals surface area contributed by atoms with Gasteiger partial charge in [-0.1, -0.05) is 35.3 Å². The fourth-order valence-electron chi connectivity index (χ4n) is 2.51. The van der Waals surface area contributed by atoms with Crippen molar-refractivity contribution in [2.75, 3.05) is 0 Å². The normalized spacial score (nSPS) is 25.4. The summed E-state index contributed by atoms with van der Waals surface area (Å²) in [6, 6.07) is 5.16. The lowest BCUT2D eigenvalue weighted by Crippen LogP contribution is -2.11. The largest absolute Gasteiger partial charge is 0.205 e. The van der Waals surface area contributed by atoms with E-state index in [1.807, 2.05) is 6.07 Å². The first-order valence-electron chi connectivity index (χ1n) is 5.92. The van der Waals surface area contributed by atoms with E-state index in [0.717, 1.165) is 31.2 Å². The van der Waals surface area contributed by atoms with Gasteiger partial charge in [-0.2, -0.15) is 0 Å². The molecule has 2 rings (SSSR count). The molecule has 1 aliphatic carbocycles. The Labute approximate surface area is 111 Å². The molecule has 0 saturated heterocycles.